The predicted molar refractivity (Wildman–Crippen MR) is 71.0 cm³/mol. The van der Waals surface area contributed by atoms with Gasteiger partial charge in [-0.15, -0.1) is 0 Å². The molecule has 0 radical (unpaired) electrons. The first-order valence-electron chi connectivity index (χ1n) is 7.40. The molecule has 0 bridgehead atoms. The lowest BCUT2D eigenvalue weighted by Crippen LogP contribution is -2.48. The van der Waals surface area contributed by atoms with Crippen LogP contribution < -0.4 is 0 Å². The number of piperidine rings is 1. The maximum absolute atomic E-state index is 13.2. The molecule has 1 saturated heterocycles. The van der Waals surface area contributed by atoms with Gasteiger partial charge >= 0.3 is 0 Å². The Hall–Kier alpha value is -0.180. The van der Waals surface area contributed by atoms with E-state index in [2.05, 4.69) is 25.7 Å². The van der Waals surface area contributed by atoms with Gasteiger partial charge in [0, 0.05) is 25.4 Å². The Kier molecular flexibility index (Phi) is 4.01. The van der Waals surface area contributed by atoms with Gasteiger partial charge in [0.2, 0.25) is 5.92 Å². The standard InChI is InChI=1S/C15H27F2N/c1-14(2,3)12-5-4-10-18(11-12)13-6-8-15(16,17)9-7-13/h12-13H,4-11H2,1-3H3. The van der Waals surface area contributed by atoms with Crippen LogP contribution in [-0.4, -0.2) is 30.0 Å². The van der Waals surface area contributed by atoms with E-state index < -0.39 is 5.92 Å². The minimum Gasteiger partial charge on any atom is -0.300 e. The number of nitrogens with zero attached hydrogens (tertiary/aromatic N) is 1. The molecule has 106 valence electrons. The van der Waals surface area contributed by atoms with E-state index in [0.29, 0.717) is 30.2 Å². The number of rotatable bonds is 1. The number of hydrogen-bond acceptors (Lipinski definition) is 1. The zero-order chi connectivity index (χ0) is 13.4. The molecular formula is C15H27F2N. The van der Waals surface area contributed by atoms with Gasteiger partial charge in [-0.2, -0.15) is 0 Å². The Morgan fingerprint density at radius 1 is 1.06 bits per heavy atom. The summed E-state index contributed by atoms with van der Waals surface area (Å²) in [4.78, 5) is 2.49. The maximum Gasteiger partial charge on any atom is 0.248 e. The smallest absolute Gasteiger partial charge is 0.248 e. The molecule has 1 aliphatic carbocycles. The second kappa shape index (κ2) is 5.07. The first kappa shape index (κ1) is 14.2. The minimum atomic E-state index is -2.39. The quantitative estimate of drug-likeness (QED) is 0.678. The van der Waals surface area contributed by atoms with Crippen molar-refractivity contribution in [2.75, 3.05) is 13.1 Å². The predicted octanol–water partition coefficient (Wildman–Crippen LogP) is 4.32. The molecule has 1 nitrogen and oxygen atoms in total. The van der Waals surface area contributed by atoms with Crippen LogP contribution in [0.5, 0.6) is 0 Å². The Bertz CT molecular complexity index is 273. The van der Waals surface area contributed by atoms with E-state index in [1.165, 1.54) is 12.8 Å². The van der Waals surface area contributed by atoms with E-state index in [0.717, 1.165) is 13.1 Å². The third-order valence-corrected chi connectivity index (χ3v) is 4.88. The van der Waals surface area contributed by atoms with E-state index in [-0.39, 0.29) is 12.8 Å². The van der Waals surface area contributed by atoms with Gasteiger partial charge in [-0.05, 0) is 43.6 Å². The normalized spacial score (nSPS) is 31.5. The SMILES string of the molecule is CC(C)(C)C1CCCN(C2CCC(F)(F)CC2)C1. The summed E-state index contributed by atoms with van der Waals surface area (Å²) in [5.41, 5.74) is 0.345. The second-order valence-corrected chi connectivity index (χ2v) is 7.29. The summed E-state index contributed by atoms with van der Waals surface area (Å²) in [5, 5.41) is 0. The van der Waals surface area contributed by atoms with Gasteiger partial charge in [0.05, 0.1) is 0 Å². The summed E-state index contributed by atoms with van der Waals surface area (Å²) in [7, 11) is 0. The van der Waals surface area contributed by atoms with Crippen molar-refractivity contribution in [1.82, 2.24) is 4.90 Å². The molecule has 18 heavy (non-hydrogen) atoms. The highest BCUT2D eigenvalue weighted by Gasteiger charge is 2.39. The minimum absolute atomic E-state index is 0.0916. The number of likely N-dealkylation sites (tertiary alicyclic amines) is 1. The van der Waals surface area contributed by atoms with E-state index in [4.69, 9.17) is 0 Å². The fourth-order valence-corrected chi connectivity index (χ4v) is 3.43. The Morgan fingerprint density at radius 2 is 1.67 bits per heavy atom. The van der Waals surface area contributed by atoms with Crippen molar-refractivity contribution < 1.29 is 8.78 Å². The van der Waals surface area contributed by atoms with E-state index in [1.54, 1.807) is 0 Å². The molecule has 0 amide bonds. The van der Waals surface area contributed by atoms with Gasteiger partial charge in [0.25, 0.3) is 0 Å². The summed E-state index contributed by atoms with van der Waals surface area (Å²) in [6.45, 7) is 9.13. The van der Waals surface area contributed by atoms with Crippen molar-refractivity contribution >= 4 is 0 Å². The van der Waals surface area contributed by atoms with Crippen LogP contribution in [-0.2, 0) is 0 Å². The van der Waals surface area contributed by atoms with Crippen molar-refractivity contribution in [2.45, 2.75) is 71.3 Å². The highest BCUT2D eigenvalue weighted by molar-refractivity contribution is 4.88. The highest BCUT2D eigenvalue weighted by Crippen LogP contribution is 2.39. The Morgan fingerprint density at radius 3 is 2.22 bits per heavy atom. The largest absolute Gasteiger partial charge is 0.300 e. The van der Waals surface area contributed by atoms with Crippen LogP contribution >= 0.6 is 0 Å². The van der Waals surface area contributed by atoms with Crippen molar-refractivity contribution in [3.63, 3.8) is 0 Å². The molecule has 1 atom stereocenters. The molecule has 1 unspecified atom stereocenters. The van der Waals surface area contributed by atoms with Gasteiger partial charge in [-0.25, -0.2) is 8.78 Å². The van der Waals surface area contributed by atoms with Gasteiger partial charge in [0.1, 0.15) is 0 Å². The van der Waals surface area contributed by atoms with Gasteiger partial charge < -0.3 is 4.90 Å². The lowest BCUT2D eigenvalue weighted by Gasteiger charge is -2.44. The molecule has 1 aliphatic heterocycles. The molecule has 0 aromatic rings. The molecule has 2 fully saturated rings. The first-order chi connectivity index (χ1) is 8.28. The van der Waals surface area contributed by atoms with Gasteiger partial charge in [-0.1, -0.05) is 20.8 Å². The van der Waals surface area contributed by atoms with Gasteiger partial charge in [-0.3, -0.25) is 0 Å². The molecule has 0 N–H and O–H groups in total. The summed E-state index contributed by atoms with van der Waals surface area (Å²) < 4.78 is 26.4. The Labute approximate surface area is 110 Å². The van der Waals surface area contributed by atoms with E-state index in [9.17, 15) is 8.78 Å². The van der Waals surface area contributed by atoms with Crippen molar-refractivity contribution in [2.24, 2.45) is 11.3 Å². The lowest BCUT2D eigenvalue weighted by atomic mass is 9.75. The van der Waals surface area contributed by atoms with Crippen LogP contribution in [0.4, 0.5) is 8.78 Å². The number of hydrogen-bond donors (Lipinski definition) is 0. The van der Waals surface area contributed by atoms with Crippen LogP contribution in [0, 0.1) is 11.3 Å². The summed E-state index contributed by atoms with van der Waals surface area (Å²) >= 11 is 0. The summed E-state index contributed by atoms with van der Waals surface area (Å²) in [6.07, 6.45) is 4.08. The van der Waals surface area contributed by atoms with Crippen molar-refractivity contribution in [1.29, 1.82) is 0 Å². The monoisotopic (exact) mass is 259 g/mol. The van der Waals surface area contributed by atoms with E-state index in [1.807, 2.05) is 0 Å². The number of halogens is 2. The van der Waals surface area contributed by atoms with Crippen LogP contribution in [0.1, 0.15) is 59.3 Å². The maximum atomic E-state index is 13.2. The van der Waals surface area contributed by atoms with Crippen molar-refractivity contribution in [3.8, 4) is 0 Å². The van der Waals surface area contributed by atoms with Crippen LogP contribution in [0.15, 0.2) is 0 Å². The van der Waals surface area contributed by atoms with Crippen LogP contribution in [0.2, 0.25) is 0 Å². The third-order valence-electron chi connectivity index (χ3n) is 4.88. The van der Waals surface area contributed by atoms with E-state index >= 15 is 0 Å². The lowest BCUT2D eigenvalue weighted by molar-refractivity contribution is -0.0605. The zero-order valence-electron chi connectivity index (χ0n) is 12.0. The molecule has 2 aliphatic rings. The fraction of sp³-hybridized carbons (Fsp3) is 1.00. The molecular weight excluding hydrogens is 232 g/mol. The Balaban J connectivity index is 1.90. The highest BCUT2D eigenvalue weighted by atomic mass is 19.3. The molecule has 1 heterocycles. The third kappa shape index (κ3) is 3.43. The summed E-state index contributed by atoms with van der Waals surface area (Å²) in [6, 6.07) is 0.412. The zero-order valence-corrected chi connectivity index (χ0v) is 12.0. The molecule has 3 heteroatoms. The van der Waals surface area contributed by atoms with Crippen molar-refractivity contribution in [3.05, 3.63) is 0 Å². The first-order valence-corrected chi connectivity index (χ1v) is 7.40. The molecule has 0 aromatic heterocycles. The number of alkyl halides is 2. The average Bonchev–Trinajstić information content (AvgIpc) is 2.28. The fourth-order valence-electron chi connectivity index (χ4n) is 3.43. The average molecular weight is 259 g/mol. The van der Waals surface area contributed by atoms with Crippen LogP contribution in [0.25, 0.3) is 0 Å². The molecule has 0 aromatic carbocycles. The van der Waals surface area contributed by atoms with Gasteiger partial charge in [0.15, 0.2) is 0 Å². The molecule has 0 spiro atoms. The molecule has 1 saturated carbocycles. The molecule has 2 rings (SSSR count). The topological polar surface area (TPSA) is 3.24 Å². The summed E-state index contributed by atoms with van der Waals surface area (Å²) in [5.74, 6) is -1.68. The van der Waals surface area contributed by atoms with Crippen LogP contribution in [0.3, 0.4) is 0 Å². The second-order valence-electron chi connectivity index (χ2n) is 7.29.